The van der Waals surface area contributed by atoms with Crippen LogP contribution in [-0.2, 0) is 11.3 Å². The fourth-order valence-electron chi connectivity index (χ4n) is 1.95. The highest BCUT2D eigenvalue weighted by atomic mass is 16.6. The lowest BCUT2D eigenvalue weighted by molar-refractivity contribution is -0.385. The molecule has 19 heavy (non-hydrogen) atoms. The minimum absolute atomic E-state index is 0.0386. The third-order valence-corrected chi connectivity index (χ3v) is 3.40. The second kappa shape index (κ2) is 5.35. The quantitative estimate of drug-likeness (QED) is 0.537. The van der Waals surface area contributed by atoms with E-state index in [0.29, 0.717) is 13.0 Å². The van der Waals surface area contributed by atoms with Crippen LogP contribution in [0.1, 0.15) is 19.3 Å². The second-order valence-electron chi connectivity index (χ2n) is 4.90. The summed E-state index contributed by atoms with van der Waals surface area (Å²) in [5, 5.41) is 25.9. The van der Waals surface area contributed by atoms with Gasteiger partial charge >= 0.3 is 5.69 Å². The van der Waals surface area contributed by atoms with Crippen molar-refractivity contribution in [1.82, 2.24) is 15.1 Å². The summed E-state index contributed by atoms with van der Waals surface area (Å²) < 4.78 is 1.24. The fraction of sp³-hybridized carbons (Fsp3) is 0.636. The maximum atomic E-state index is 11.7. The number of aromatic nitrogens is 2. The number of aliphatic hydroxyl groups excluding tert-OH is 1. The Kier molecular flexibility index (Phi) is 3.79. The second-order valence-corrected chi connectivity index (χ2v) is 4.90. The Morgan fingerprint density at radius 1 is 1.63 bits per heavy atom. The van der Waals surface area contributed by atoms with Crippen molar-refractivity contribution < 1.29 is 14.8 Å². The number of rotatable bonds is 7. The Morgan fingerprint density at radius 3 is 2.89 bits per heavy atom. The van der Waals surface area contributed by atoms with Gasteiger partial charge in [0.15, 0.2) is 0 Å². The summed E-state index contributed by atoms with van der Waals surface area (Å²) in [5.41, 5.74) is -0.0766. The molecule has 104 valence electrons. The summed E-state index contributed by atoms with van der Waals surface area (Å²) in [4.78, 5) is 21.6. The average Bonchev–Trinajstić information content (AvgIpc) is 2.96. The number of nitrogens with one attached hydrogen (secondary N) is 1. The van der Waals surface area contributed by atoms with E-state index in [4.69, 9.17) is 5.11 Å². The molecule has 1 aliphatic carbocycles. The number of amides is 1. The van der Waals surface area contributed by atoms with E-state index in [1.165, 1.54) is 10.9 Å². The standard InChI is InChI=1S/C11H16N4O4/c16-4-3-11(1-2-11)8-12-10(17)7-14-6-9(5-13-14)15(18)19/h5-6,16H,1-4,7-8H2,(H,12,17). The smallest absolute Gasteiger partial charge is 0.307 e. The average molecular weight is 268 g/mol. The number of carbonyl (C=O) groups is 1. The van der Waals surface area contributed by atoms with Gasteiger partial charge in [-0.1, -0.05) is 0 Å². The predicted octanol–water partition coefficient (Wildman–Crippen LogP) is 0.0701. The van der Waals surface area contributed by atoms with Gasteiger partial charge in [-0.3, -0.25) is 19.6 Å². The molecule has 0 unspecified atom stereocenters. The van der Waals surface area contributed by atoms with E-state index in [2.05, 4.69) is 10.4 Å². The van der Waals surface area contributed by atoms with E-state index in [1.807, 2.05) is 0 Å². The van der Waals surface area contributed by atoms with Crippen molar-refractivity contribution in [2.45, 2.75) is 25.8 Å². The molecule has 0 spiro atoms. The zero-order chi connectivity index (χ0) is 13.9. The van der Waals surface area contributed by atoms with Gasteiger partial charge < -0.3 is 10.4 Å². The zero-order valence-corrected chi connectivity index (χ0v) is 10.4. The molecule has 1 aromatic heterocycles. The zero-order valence-electron chi connectivity index (χ0n) is 10.4. The number of hydrogen-bond acceptors (Lipinski definition) is 5. The van der Waals surface area contributed by atoms with Crippen LogP contribution in [-0.4, -0.2) is 38.9 Å². The van der Waals surface area contributed by atoms with Crippen LogP contribution in [0.2, 0.25) is 0 Å². The van der Waals surface area contributed by atoms with Crippen molar-refractivity contribution in [3.63, 3.8) is 0 Å². The molecule has 2 rings (SSSR count). The molecule has 8 heteroatoms. The van der Waals surface area contributed by atoms with E-state index in [9.17, 15) is 14.9 Å². The minimum atomic E-state index is -0.554. The first-order valence-corrected chi connectivity index (χ1v) is 6.09. The van der Waals surface area contributed by atoms with Gasteiger partial charge in [-0.2, -0.15) is 5.10 Å². The highest BCUT2D eigenvalue weighted by Gasteiger charge is 2.41. The van der Waals surface area contributed by atoms with E-state index in [1.54, 1.807) is 0 Å². The molecule has 1 saturated carbocycles. The van der Waals surface area contributed by atoms with Crippen LogP contribution < -0.4 is 5.32 Å². The van der Waals surface area contributed by atoms with Crippen molar-refractivity contribution in [2.75, 3.05) is 13.2 Å². The Morgan fingerprint density at radius 2 is 2.37 bits per heavy atom. The molecule has 8 nitrogen and oxygen atoms in total. The van der Waals surface area contributed by atoms with Crippen molar-refractivity contribution in [2.24, 2.45) is 5.41 Å². The fourth-order valence-corrected chi connectivity index (χ4v) is 1.95. The maximum Gasteiger partial charge on any atom is 0.307 e. The topological polar surface area (TPSA) is 110 Å². The third kappa shape index (κ3) is 3.50. The largest absolute Gasteiger partial charge is 0.396 e. The van der Waals surface area contributed by atoms with Crippen molar-refractivity contribution >= 4 is 11.6 Å². The first-order chi connectivity index (χ1) is 9.04. The lowest BCUT2D eigenvalue weighted by Crippen LogP contribution is -2.33. The van der Waals surface area contributed by atoms with E-state index < -0.39 is 4.92 Å². The van der Waals surface area contributed by atoms with Crippen molar-refractivity contribution in [3.8, 4) is 0 Å². The number of nitro groups is 1. The Balaban J connectivity index is 1.79. The van der Waals surface area contributed by atoms with Crippen molar-refractivity contribution in [3.05, 3.63) is 22.5 Å². The van der Waals surface area contributed by atoms with Crippen LogP contribution in [0.15, 0.2) is 12.4 Å². The molecule has 0 aromatic carbocycles. The molecule has 1 aliphatic rings. The normalized spacial score (nSPS) is 16.1. The molecule has 2 N–H and O–H groups in total. The number of carbonyl (C=O) groups excluding carboxylic acids is 1. The van der Waals surface area contributed by atoms with E-state index >= 15 is 0 Å². The Hall–Kier alpha value is -1.96. The Bertz CT molecular complexity index is 481. The van der Waals surface area contributed by atoms with Gasteiger partial charge in [-0.05, 0) is 24.7 Å². The van der Waals surface area contributed by atoms with E-state index in [0.717, 1.165) is 19.0 Å². The molecule has 1 heterocycles. The molecule has 0 aliphatic heterocycles. The molecule has 0 radical (unpaired) electrons. The maximum absolute atomic E-state index is 11.7. The van der Waals surface area contributed by atoms with Gasteiger partial charge in [0.2, 0.25) is 5.91 Å². The van der Waals surface area contributed by atoms with Gasteiger partial charge in [0.25, 0.3) is 0 Å². The lowest BCUT2D eigenvalue weighted by Gasteiger charge is -2.14. The minimum Gasteiger partial charge on any atom is -0.396 e. The van der Waals surface area contributed by atoms with E-state index in [-0.39, 0.29) is 30.2 Å². The number of aliphatic hydroxyl groups is 1. The summed E-state index contributed by atoms with van der Waals surface area (Å²) in [5.74, 6) is -0.234. The van der Waals surface area contributed by atoms with Gasteiger partial charge in [0.05, 0.1) is 4.92 Å². The van der Waals surface area contributed by atoms with Gasteiger partial charge in [-0.25, -0.2) is 0 Å². The highest BCUT2D eigenvalue weighted by Crippen LogP contribution is 2.47. The summed E-state index contributed by atoms with van der Waals surface area (Å²) in [6.07, 6.45) is 5.06. The summed E-state index contributed by atoms with van der Waals surface area (Å²) in [6, 6.07) is 0. The van der Waals surface area contributed by atoms with Crippen LogP contribution in [0.25, 0.3) is 0 Å². The summed E-state index contributed by atoms with van der Waals surface area (Å²) >= 11 is 0. The molecule has 0 bridgehead atoms. The van der Waals surface area contributed by atoms with Gasteiger partial charge in [-0.15, -0.1) is 0 Å². The molecule has 1 fully saturated rings. The number of nitrogens with zero attached hydrogens (tertiary/aromatic N) is 3. The summed E-state index contributed by atoms with van der Waals surface area (Å²) in [6.45, 7) is 0.625. The van der Waals surface area contributed by atoms with Crippen LogP contribution in [0.3, 0.4) is 0 Å². The lowest BCUT2D eigenvalue weighted by atomic mass is 10.0. The summed E-state index contributed by atoms with van der Waals surface area (Å²) in [7, 11) is 0. The van der Waals surface area contributed by atoms with Gasteiger partial charge in [0.1, 0.15) is 18.9 Å². The van der Waals surface area contributed by atoms with Crippen LogP contribution in [0, 0.1) is 15.5 Å². The molecule has 1 aromatic rings. The van der Waals surface area contributed by atoms with Crippen LogP contribution in [0.4, 0.5) is 5.69 Å². The van der Waals surface area contributed by atoms with Crippen LogP contribution >= 0.6 is 0 Å². The van der Waals surface area contributed by atoms with Crippen molar-refractivity contribution in [1.29, 1.82) is 0 Å². The highest BCUT2D eigenvalue weighted by molar-refractivity contribution is 5.75. The molecule has 1 amide bonds. The molecule has 0 saturated heterocycles. The first-order valence-electron chi connectivity index (χ1n) is 6.09. The Labute approximate surface area is 109 Å². The third-order valence-electron chi connectivity index (χ3n) is 3.40. The SMILES string of the molecule is O=C(Cn1cc([N+](=O)[O-])cn1)NCC1(CCO)CC1. The monoisotopic (exact) mass is 268 g/mol. The molecular formula is C11H16N4O4. The number of hydrogen-bond donors (Lipinski definition) is 2. The van der Waals surface area contributed by atoms with Gasteiger partial charge in [0, 0.05) is 13.2 Å². The van der Waals surface area contributed by atoms with Crippen LogP contribution in [0.5, 0.6) is 0 Å². The first kappa shape index (κ1) is 13.5. The molecule has 0 atom stereocenters. The molecular weight excluding hydrogens is 252 g/mol. The predicted molar refractivity (Wildman–Crippen MR) is 65.3 cm³/mol.